The molecule has 0 bridgehead atoms. The largest absolute Gasteiger partial charge is 0.481 e. The second kappa shape index (κ2) is 10.4. The summed E-state index contributed by atoms with van der Waals surface area (Å²) in [4.78, 5) is 13.5. The smallest absolute Gasteiger partial charge is 0.232 e. The molecule has 2 aliphatic rings. The van der Waals surface area contributed by atoms with E-state index in [9.17, 15) is 15.3 Å². The lowest BCUT2D eigenvalue weighted by Crippen LogP contribution is -2.36. The summed E-state index contributed by atoms with van der Waals surface area (Å²) in [5.74, 6) is 8.11. The molecular formula is C24H31N5O5. The molecule has 2 aromatic heterocycles. The number of hydrogen-bond donors (Lipinski definition) is 5. The highest BCUT2D eigenvalue weighted by Gasteiger charge is 2.41. The summed E-state index contributed by atoms with van der Waals surface area (Å²) in [6, 6.07) is 2.97. The third-order valence-electron chi connectivity index (χ3n) is 6.25. The van der Waals surface area contributed by atoms with Crippen LogP contribution in [0.2, 0.25) is 0 Å². The van der Waals surface area contributed by atoms with Crippen LogP contribution in [0.15, 0.2) is 12.1 Å². The average Bonchev–Trinajstić information content (AvgIpc) is 3.64. The summed E-state index contributed by atoms with van der Waals surface area (Å²) >= 11 is 0. The van der Waals surface area contributed by atoms with Gasteiger partial charge in [0.2, 0.25) is 17.7 Å². The van der Waals surface area contributed by atoms with Crippen molar-refractivity contribution in [2.24, 2.45) is 11.8 Å². The average molecular weight is 470 g/mol. The molecule has 4 unspecified atom stereocenters. The Labute approximate surface area is 198 Å². The van der Waals surface area contributed by atoms with Crippen molar-refractivity contribution in [2.45, 2.75) is 44.4 Å². The van der Waals surface area contributed by atoms with Gasteiger partial charge in [0.1, 0.15) is 11.9 Å². The predicted molar refractivity (Wildman–Crippen MR) is 126 cm³/mol. The molecule has 10 heteroatoms. The molecular weight excluding hydrogens is 438 g/mol. The van der Waals surface area contributed by atoms with Crippen LogP contribution in [0.5, 0.6) is 11.8 Å². The lowest BCUT2D eigenvalue weighted by Gasteiger charge is -2.20. The van der Waals surface area contributed by atoms with Crippen molar-refractivity contribution in [3.8, 4) is 23.6 Å². The van der Waals surface area contributed by atoms with E-state index in [1.54, 1.807) is 12.1 Å². The summed E-state index contributed by atoms with van der Waals surface area (Å²) in [5, 5.41) is 36.8. The standard InChI is InChI=1S/C24H31N5O5/c1-13-17(8-6-15-7-9-19(33-2)28-23(15)34-3)22(29-24(26-13)25-11-14-4-5-14)27-18-10-16(12-30)20(31)21(18)32/h7,9,14,16,18,20-21,30-32H,4-5,10-12H2,1-3H3,(H2,25,26,27,29). The number of nitrogens with zero attached hydrogens (tertiary/aromatic N) is 3. The lowest BCUT2D eigenvalue weighted by molar-refractivity contribution is 0.00445. The Morgan fingerprint density at radius 1 is 1.06 bits per heavy atom. The molecule has 2 aromatic rings. The fraction of sp³-hybridized carbons (Fsp3) is 0.542. The number of methoxy groups -OCH3 is 2. The molecule has 10 nitrogen and oxygen atoms in total. The van der Waals surface area contributed by atoms with Crippen LogP contribution in [0.25, 0.3) is 0 Å². The summed E-state index contributed by atoms with van der Waals surface area (Å²) < 4.78 is 10.5. The molecule has 4 rings (SSSR count). The topological polar surface area (TPSA) is 142 Å². The SMILES string of the molecule is COc1ccc(C#Cc2c(C)nc(NCC3CC3)nc2NC2CC(CO)C(O)C2O)c(OC)n1. The lowest BCUT2D eigenvalue weighted by atomic mass is 10.1. The van der Waals surface area contributed by atoms with Gasteiger partial charge in [-0.05, 0) is 38.2 Å². The zero-order valence-electron chi connectivity index (χ0n) is 19.6. The zero-order valence-corrected chi connectivity index (χ0v) is 19.6. The fourth-order valence-electron chi connectivity index (χ4n) is 4.01. The third-order valence-corrected chi connectivity index (χ3v) is 6.25. The van der Waals surface area contributed by atoms with Crippen LogP contribution in [0.4, 0.5) is 11.8 Å². The maximum absolute atomic E-state index is 10.5. The van der Waals surface area contributed by atoms with Crippen LogP contribution in [0, 0.1) is 30.6 Å². The van der Waals surface area contributed by atoms with Gasteiger partial charge in [0.25, 0.3) is 0 Å². The highest BCUT2D eigenvalue weighted by atomic mass is 16.5. The highest BCUT2D eigenvalue weighted by molar-refractivity contribution is 5.61. The van der Waals surface area contributed by atoms with Gasteiger partial charge in [0.05, 0.1) is 43.2 Å². The maximum Gasteiger partial charge on any atom is 0.232 e. The van der Waals surface area contributed by atoms with E-state index in [0.717, 1.165) is 6.54 Å². The Bertz CT molecular complexity index is 1080. The number of aromatic nitrogens is 3. The van der Waals surface area contributed by atoms with Crippen molar-refractivity contribution >= 4 is 11.8 Å². The molecule has 2 heterocycles. The molecule has 0 aliphatic heterocycles. The molecule has 0 aromatic carbocycles. The van der Waals surface area contributed by atoms with E-state index < -0.39 is 24.2 Å². The summed E-state index contributed by atoms with van der Waals surface area (Å²) in [6.07, 6.45) is 0.750. The van der Waals surface area contributed by atoms with Crippen LogP contribution in [-0.2, 0) is 0 Å². The molecule has 2 aliphatic carbocycles. The monoisotopic (exact) mass is 469 g/mol. The number of pyridine rings is 1. The van der Waals surface area contributed by atoms with E-state index in [2.05, 4.69) is 37.4 Å². The van der Waals surface area contributed by atoms with Gasteiger partial charge in [-0.25, -0.2) is 4.98 Å². The summed E-state index contributed by atoms with van der Waals surface area (Å²) in [6.45, 7) is 2.44. The molecule has 2 saturated carbocycles. The molecule has 2 fully saturated rings. The molecule has 0 spiro atoms. The minimum absolute atomic E-state index is 0.204. The predicted octanol–water partition coefficient (Wildman–Crippen LogP) is 0.933. The van der Waals surface area contributed by atoms with Gasteiger partial charge in [0.15, 0.2) is 0 Å². The van der Waals surface area contributed by atoms with Crippen LogP contribution >= 0.6 is 0 Å². The maximum atomic E-state index is 10.5. The van der Waals surface area contributed by atoms with Gasteiger partial charge >= 0.3 is 0 Å². The summed E-state index contributed by atoms with van der Waals surface area (Å²) in [7, 11) is 3.04. The first-order chi connectivity index (χ1) is 16.4. The molecule has 4 atom stereocenters. The molecule has 0 amide bonds. The van der Waals surface area contributed by atoms with Crippen LogP contribution < -0.4 is 20.1 Å². The molecule has 34 heavy (non-hydrogen) atoms. The first-order valence-electron chi connectivity index (χ1n) is 11.4. The van der Waals surface area contributed by atoms with Crippen LogP contribution in [0.1, 0.15) is 36.1 Å². The second-order valence-electron chi connectivity index (χ2n) is 8.75. The van der Waals surface area contributed by atoms with Gasteiger partial charge in [-0.1, -0.05) is 11.8 Å². The molecule has 0 saturated heterocycles. The summed E-state index contributed by atoms with van der Waals surface area (Å²) in [5.41, 5.74) is 1.79. The highest BCUT2D eigenvalue weighted by Crippen LogP contribution is 2.31. The number of ether oxygens (including phenoxy) is 2. The van der Waals surface area contributed by atoms with E-state index in [0.29, 0.717) is 52.7 Å². The quantitative estimate of drug-likeness (QED) is 0.355. The number of aryl methyl sites for hydroxylation is 1. The minimum atomic E-state index is -1.04. The fourth-order valence-corrected chi connectivity index (χ4v) is 4.01. The van der Waals surface area contributed by atoms with Crippen LogP contribution in [0.3, 0.4) is 0 Å². The van der Waals surface area contributed by atoms with Crippen molar-refractivity contribution in [1.29, 1.82) is 0 Å². The van der Waals surface area contributed by atoms with Gasteiger partial charge in [-0.2, -0.15) is 9.97 Å². The number of aliphatic hydroxyl groups excluding tert-OH is 3. The third kappa shape index (κ3) is 5.33. The van der Waals surface area contributed by atoms with E-state index in [1.165, 1.54) is 27.1 Å². The van der Waals surface area contributed by atoms with Gasteiger partial charge in [0, 0.05) is 25.1 Å². The van der Waals surface area contributed by atoms with Gasteiger partial charge in [-0.3, -0.25) is 0 Å². The zero-order chi connectivity index (χ0) is 24.2. The van der Waals surface area contributed by atoms with E-state index in [4.69, 9.17) is 9.47 Å². The normalized spacial score (nSPS) is 23.7. The molecule has 0 radical (unpaired) electrons. The number of rotatable bonds is 8. The minimum Gasteiger partial charge on any atom is -0.481 e. The van der Waals surface area contributed by atoms with Crippen molar-refractivity contribution in [3.63, 3.8) is 0 Å². The van der Waals surface area contributed by atoms with Crippen molar-refractivity contribution in [3.05, 3.63) is 29.0 Å². The molecule has 182 valence electrons. The Hall–Kier alpha value is -3.13. The van der Waals surface area contributed by atoms with Crippen molar-refractivity contribution in [1.82, 2.24) is 15.0 Å². The van der Waals surface area contributed by atoms with Crippen molar-refractivity contribution < 1.29 is 24.8 Å². The number of nitrogens with one attached hydrogen (secondary N) is 2. The van der Waals surface area contributed by atoms with Crippen LogP contribution in [-0.4, -0.2) is 75.9 Å². The van der Waals surface area contributed by atoms with E-state index >= 15 is 0 Å². The Morgan fingerprint density at radius 3 is 2.50 bits per heavy atom. The number of aliphatic hydroxyl groups is 3. The number of anilines is 2. The van der Waals surface area contributed by atoms with Crippen molar-refractivity contribution in [2.75, 3.05) is 38.0 Å². The molecule has 5 N–H and O–H groups in total. The Balaban J connectivity index is 1.67. The Morgan fingerprint density at radius 2 is 1.85 bits per heavy atom. The first kappa shape index (κ1) is 24.0. The van der Waals surface area contributed by atoms with Gasteiger partial charge < -0.3 is 35.4 Å². The number of hydrogen-bond acceptors (Lipinski definition) is 10. The Kier molecular flexibility index (Phi) is 7.36. The van der Waals surface area contributed by atoms with E-state index in [1.807, 2.05) is 6.92 Å². The second-order valence-corrected chi connectivity index (χ2v) is 8.75. The first-order valence-corrected chi connectivity index (χ1v) is 11.4. The van der Waals surface area contributed by atoms with E-state index in [-0.39, 0.29) is 6.61 Å². The van der Waals surface area contributed by atoms with Gasteiger partial charge in [-0.15, -0.1) is 0 Å².